The van der Waals surface area contributed by atoms with Crippen LogP contribution in [0.25, 0.3) is 0 Å². The maximum absolute atomic E-state index is 13.5. The van der Waals surface area contributed by atoms with Crippen LogP contribution in [0.5, 0.6) is 5.75 Å². The first-order valence-electron chi connectivity index (χ1n) is 8.92. The molecule has 12 heteroatoms. The SMILES string of the molecule is COCCOc1ccc(F)cc1NC(=O)CCNc1ccc(C(F)(F)F)cc1[N+](=O)[O-]. The summed E-state index contributed by atoms with van der Waals surface area (Å²) in [4.78, 5) is 22.3. The van der Waals surface area contributed by atoms with Gasteiger partial charge in [-0.1, -0.05) is 0 Å². The van der Waals surface area contributed by atoms with Gasteiger partial charge in [0.25, 0.3) is 5.69 Å². The van der Waals surface area contributed by atoms with Crippen molar-refractivity contribution in [2.24, 2.45) is 0 Å². The lowest BCUT2D eigenvalue weighted by molar-refractivity contribution is -0.384. The summed E-state index contributed by atoms with van der Waals surface area (Å²) in [5, 5.41) is 16.1. The molecule has 0 aromatic heterocycles. The van der Waals surface area contributed by atoms with Crippen LogP contribution in [0.15, 0.2) is 36.4 Å². The van der Waals surface area contributed by atoms with E-state index < -0.39 is 34.1 Å². The minimum Gasteiger partial charge on any atom is -0.489 e. The summed E-state index contributed by atoms with van der Waals surface area (Å²) in [5.41, 5.74) is -2.01. The molecule has 8 nitrogen and oxygen atoms in total. The number of ether oxygens (including phenoxy) is 2. The van der Waals surface area contributed by atoms with Gasteiger partial charge in [0.05, 0.1) is 22.8 Å². The Balaban J connectivity index is 2.00. The molecule has 0 heterocycles. The Morgan fingerprint density at radius 1 is 1.13 bits per heavy atom. The molecule has 0 aliphatic heterocycles. The second kappa shape index (κ2) is 10.6. The van der Waals surface area contributed by atoms with Crippen LogP contribution in [0.1, 0.15) is 12.0 Å². The van der Waals surface area contributed by atoms with Crippen molar-refractivity contribution in [1.29, 1.82) is 0 Å². The summed E-state index contributed by atoms with van der Waals surface area (Å²) < 4.78 is 62.0. The third kappa shape index (κ3) is 7.10. The van der Waals surface area contributed by atoms with E-state index in [2.05, 4.69) is 10.6 Å². The number of anilines is 2. The largest absolute Gasteiger partial charge is 0.489 e. The first-order valence-corrected chi connectivity index (χ1v) is 8.92. The predicted molar refractivity (Wildman–Crippen MR) is 104 cm³/mol. The van der Waals surface area contributed by atoms with Gasteiger partial charge in [0.2, 0.25) is 5.91 Å². The molecular weight excluding hydrogens is 426 g/mol. The second-order valence-corrected chi connectivity index (χ2v) is 6.19. The van der Waals surface area contributed by atoms with Crippen molar-refractivity contribution in [2.75, 3.05) is 37.5 Å². The van der Waals surface area contributed by atoms with E-state index >= 15 is 0 Å². The third-order valence-corrected chi connectivity index (χ3v) is 3.95. The van der Waals surface area contributed by atoms with Crippen molar-refractivity contribution < 1.29 is 36.8 Å². The molecule has 0 bridgehead atoms. The van der Waals surface area contributed by atoms with E-state index in [4.69, 9.17) is 9.47 Å². The van der Waals surface area contributed by atoms with Gasteiger partial charge in [-0.2, -0.15) is 13.2 Å². The lowest BCUT2D eigenvalue weighted by atomic mass is 10.1. The molecule has 0 fully saturated rings. The number of amides is 1. The Morgan fingerprint density at radius 2 is 1.87 bits per heavy atom. The van der Waals surface area contributed by atoms with Crippen LogP contribution in [-0.2, 0) is 15.7 Å². The monoisotopic (exact) mass is 445 g/mol. The molecule has 0 saturated carbocycles. The molecule has 31 heavy (non-hydrogen) atoms. The molecule has 0 aliphatic rings. The Hall–Kier alpha value is -3.41. The van der Waals surface area contributed by atoms with Gasteiger partial charge in [-0.05, 0) is 24.3 Å². The van der Waals surface area contributed by atoms with Crippen LogP contribution >= 0.6 is 0 Å². The summed E-state index contributed by atoms with van der Waals surface area (Å²) in [5.74, 6) is -0.949. The van der Waals surface area contributed by atoms with Crippen LogP contribution < -0.4 is 15.4 Å². The topological polar surface area (TPSA) is 103 Å². The lowest BCUT2D eigenvalue weighted by Gasteiger charge is -2.13. The van der Waals surface area contributed by atoms with Gasteiger partial charge in [0.1, 0.15) is 23.9 Å². The minimum atomic E-state index is -4.73. The van der Waals surface area contributed by atoms with E-state index in [1.165, 1.54) is 13.2 Å². The highest BCUT2D eigenvalue weighted by Crippen LogP contribution is 2.35. The van der Waals surface area contributed by atoms with Crippen molar-refractivity contribution in [3.63, 3.8) is 0 Å². The highest BCUT2D eigenvalue weighted by molar-refractivity contribution is 5.92. The van der Waals surface area contributed by atoms with Crippen molar-refractivity contribution in [3.05, 3.63) is 57.9 Å². The van der Waals surface area contributed by atoms with Gasteiger partial charge in [-0.3, -0.25) is 14.9 Å². The van der Waals surface area contributed by atoms with E-state index in [1.54, 1.807) is 0 Å². The van der Waals surface area contributed by atoms with E-state index in [9.17, 15) is 32.5 Å². The maximum Gasteiger partial charge on any atom is 0.416 e. The maximum atomic E-state index is 13.5. The third-order valence-electron chi connectivity index (χ3n) is 3.95. The molecule has 0 saturated heterocycles. The number of carbonyl (C=O) groups excluding carboxylic acids is 1. The summed E-state index contributed by atoms with van der Waals surface area (Å²) in [6.07, 6.45) is -4.93. The summed E-state index contributed by atoms with van der Waals surface area (Å²) in [6, 6.07) is 5.60. The van der Waals surface area contributed by atoms with Crippen molar-refractivity contribution in [3.8, 4) is 5.75 Å². The van der Waals surface area contributed by atoms with Crippen LogP contribution in [0.3, 0.4) is 0 Å². The molecule has 2 aromatic rings. The number of hydrogen-bond acceptors (Lipinski definition) is 6. The molecule has 2 N–H and O–H groups in total. The Labute approximate surface area is 174 Å². The zero-order chi connectivity index (χ0) is 23.0. The number of alkyl halides is 3. The zero-order valence-electron chi connectivity index (χ0n) is 16.3. The molecule has 0 atom stereocenters. The summed E-state index contributed by atoms with van der Waals surface area (Å²) in [6.45, 7) is 0.331. The average molecular weight is 445 g/mol. The number of halogens is 4. The predicted octanol–water partition coefficient (Wildman–Crippen LogP) is 4.22. The molecule has 0 unspecified atom stereocenters. The van der Waals surface area contributed by atoms with Crippen LogP contribution in [0.4, 0.5) is 34.6 Å². The highest BCUT2D eigenvalue weighted by atomic mass is 19.4. The van der Waals surface area contributed by atoms with Crippen molar-refractivity contribution in [1.82, 2.24) is 0 Å². The number of nitro benzene ring substituents is 1. The van der Waals surface area contributed by atoms with Crippen LogP contribution in [0.2, 0.25) is 0 Å². The zero-order valence-corrected chi connectivity index (χ0v) is 16.3. The average Bonchev–Trinajstić information content (AvgIpc) is 2.69. The fraction of sp³-hybridized carbons (Fsp3) is 0.316. The first kappa shape index (κ1) is 23.9. The Bertz CT molecular complexity index is 937. The number of nitro groups is 1. The molecule has 2 rings (SSSR count). The van der Waals surface area contributed by atoms with Gasteiger partial charge < -0.3 is 20.1 Å². The molecule has 0 aliphatic carbocycles. The van der Waals surface area contributed by atoms with Gasteiger partial charge in [0, 0.05) is 32.2 Å². The normalized spacial score (nSPS) is 11.1. The number of carbonyl (C=O) groups is 1. The fourth-order valence-corrected chi connectivity index (χ4v) is 2.49. The van der Waals surface area contributed by atoms with Gasteiger partial charge in [-0.25, -0.2) is 4.39 Å². The van der Waals surface area contributed by atoms with Crippen molar-refractivity contribution >= 4 is 23.0 Å². The van der Waals surface area contributed by atoms with E-state index in [0.717, 1.165) is 18.2 Å². The lowest BCUT2D eigenvalue weighted by Crippen LogP contribution is -2.18. The number of methoxy groups -OCH3 is 1. The van der Waals surface area contributed by atoms with Crippen molar-refractivity contribution in [2.45, 2.75) is 12.6 Å². The standard InChI is InChI=1S/C19H19F4N3O5/c1-30-8-9-31-17-5-3-13(20)11-15(17)25-18(27)6-7-24-14-4-2-12(19(21,22)23)10-16(14)26(28)29/h2-5,10-11,24H,6-9H2,1H3,(H,25,27). The summed E-state index contributed by atoms with van der Waals surface area (Å²) in [7, 11) is 1.48. The van der Waals surface area contributed by atoms with E-state index in [0.29, 0.717) is 12.1 Å². The number of benzene rings is 2. The van der Waals surface area contributed by atoms with Crippen LogP contribution in [0, 0.1) is 15.9 Å². The molecular formula is C19H19F4N3O5. The smallest absolute Gasteiger partial charge is 0.416 e. The molecule has 0 spiro atoms. The van der Waals surface area contributed by atoms with E-state index in [1.807, 2.05) is 0 Å². The van der Waals surface area contributed by atoms with Gasteiger partial charge in [0.15, 0.2) is 0 Å². The number of hydrogen-bond donors (Lipinski definition) is 2. The Morgan fingerprint density at radius 3 is 2.52 bits per heavy atom. The highest BCUT2D eigenvalue weighted by Gasteiger charge is 2.33. The van der Waals surface area contributed by atoms with Gasteiger partial charge in [-0.15, -0.1) is 0 Å². The number of rotatable bonds is 10. The Kier molecular flexibility index (Phi) is 8.14. The van der Waals surface area contributed by atoms with E-state index in [-0.39, 0.29) is 43.3 Å². The molecule has 2 aromatic carbocycles. The van der Waals surface area contributed by atoms with Gasteiger partial charge >= 0.3 is 6.18 Å². The minimum absolute atomic E-state index is 0.0848. The fourth-order valence-electron chi connectivity index (χ4n) is 2.49. The van der Waals surface area contributed by atoms with Crippen LogP contribution in [-0.4, -0.2) is 37.7 Å². The number of nitrogens with one attached hydrogen (secondary N) is 2. The summed E-state index contributed by atoms with van der Waals surface area (Å²) >= 11 is 0. The molecule has 168 valence electrons. The molecule has 1 amide bonds. The quantitative estimate of drug-likeness (QED) is 0.246. The molecule has 0 radical (unpaired) electrons. The first-order chi connectivity index (χ1) is 14.6. The second-order valence-electron chi connectivity index (χ2n) is 6.19. The number of nitrogens with zero attached hydrogens (tertiary/aromatic N) is 1.